The summed E-state index contributed by atoms with van der Waals surface area (Å²) in [6, 6.07) is 9.40. The SMILES string of the molecule is C=C(CO)C(=O)OCCCC1CC(CCCOC)CC(c2ccc(CCCCC)cc2)C1. The lowest BCUT2D eigenvalue weighted by Gasteiger charge is -2.35. The van der Waals surface area contributed by atoms with Crippen molar-refractivity contribution < 1.29 is 19.4 Å². The molecule has 0 radical (unpaired) electrons. The molecule has 0 saturated heterocycles. The van der Waals surface area contributed by atoms with Crippen LogP contribution in [0.15, 0.2) is 36.4 Å². The first-order chi connectivity index (χ1) is 15.6. The summed E-state index contributed by atoms with van der Waals surface area (Å²) in [5.41, 5.74) is 3.06. The molecule has 3 unspecified atom stereocenters. The fraction of sp³-hybridized carbons (Fsp3) is 0.679. The molecule has 0 aliphatic heterocycles. The number of methoxy groups -OCH3 is 1. The monoisotopic (exact) mass is 444 g/mol. The number of esters is 1. The fourth-order valence-electron chi connectivity index (χ4n) is 5.06. The number of rotatable bonds is 15. The Labute approximate surface area is 195 Å². The quantitative estimate of drug-likeness (QED) is 0.198. The van der Waals surface area contributed by atoms with Crippen molar-refractivity contribution in [3.63, 3.8) is 0 Å². The van der Waals surface area contributed by atoms with Gasteiger partial charge in [-0.2, -0.15) is 0 Å². The van der Waals surface area contributed by atoms with Gasteiger partial charge in [0.15, 0.2) is 0 Å². The average molecular weight is 445 g/mol. The number of aryl methyl sites for hydroxylation is 1. The highest BCUT2D eigenvalue weighted by Gasteiger charge is 2.29. The van der Waals surface area contributed by atoms with Crippen LogP contribution in [0.5, 0.6) is 0 Å². The molecule has 1 fully saturated rings. The standard InChI is InChI=1S/C28H44O4/c1-4-5-6-9-23-12-14-26(15-13-23)27-19-24(10-7-16-31-3)18-25(20-27)11-8-17-32-28(30)22(2)21-29/h12-15,24-25,27,29H,2,4-11,16-21H2,1,3H3. The normalized spacial score (nSPS) is 20.8. The Hall–Kier alpha value is -1.65. The molecule has 0 amide bonds. The lowest BCUT2D eigenvalue weighted by Crippen LogP contribution is -2.23. The number of hydrogen-bond acceptors (Lipinski definition) is 4. The average Bonchev–Trinajstić information content (AvgIpc) is 2.82. The molecule has 1 aliphatic rings. The summed E-state index contributed by atoms with van der Waals surface area (Å²) in [4.78, 5) is 11.7. The molecule has 3 atom stereocenters. The third-order valence-corrected chi connectivity index (χ3v) is 6.85. The molecule has 180 valence electrons. The van der Waals surface area contributed by atoms with E-state index >= 15 is 0 Å². The van der Waals surface area contributed by atoms with Crippen LogP contribution in [0.2, 0.25) is 0 Å². The molecule has 2 rings (SSSR count). The summed E-state index contributed by atoms with van der Waals surface area (Å²) >= 11 is 0. The first-order valence-corrected chi connectivity index (χ1v) is 12.6. The molecule has 0 aromatic heterocycles. The smallest absolute Gasteiger partial charge is 0.335 e. The number of aliphatic hydroxyl groups is 1. The van der Waals surface area contributed by atoms with E-state index in [9.17, 15) is 4.79 Å². The highest BCUT2D eigenvalue weighted by Crippen LogP contribution is 2.43. The Morgan fingerprint density at radius 2 is 1.66 bits per heavy atom. The maximum atomic E-state index is 11.7. The third kappa shape index (κ3) is 9.46. The van der Waals surface area contributed by atoms with Crippen LogP contribution in [0.25, 0.3) is 0 Å². The van der Waals surface area contributed by atoms with E-state index in [1.807, 2.05) is 0 Å². The first-order valence-electron chi connectivity index (χ1n) is 12.6. The Balaban J connectivity index is 1.91. The lowest BCUT2D eigenvalue weighted by atomic mass is 9.70. The summed E-state index contributed by atoms with van der Waals surface area (Å²) < 4.78 is 10.5. The molecule has 4 nitrogen and oxygen atoms in total. The molecule has 0 spiro atoms. The van der Waals surface area contributed by atoms with Crippen molar-refractivity contribution in [1.29, 1.82) is 0 Å². The largest absolute Gasteiger partial charge is 0.462 e. The summed E-state index contributed by atoms with van der Waals surface area (Å²) in [6.45, 7) is 6.67. The summed E-state index contributed by atoms with van der Waals surface area (Å²) in [5.74, 6) is 1.52. The summed E-state index contributed by atoms with van der Waals surface area (Å²) in [7, 11) is 1.78. The van der Waals surface area contributed by atoms with Gasteiger partial charge in [-0.3, -0.25) is 0 Å². The van der Waals surface area contributed by atoms with Crippen molar-refractivity contribution in [1.82, 2.24) is 0 Å². The molecule has 1 aromatic rings. The van der Waals surface area contributed by atoms with Crippen LogP contribution in [0.1, 0.15) is 88.2 Å². The minimum atomic E-state index is -0.481. The second-order valence-corrected chi connectivity index (χ2v) is 9.51. The summed E-state index contributed by atoms with van der Waals surface area (Å²) in [5, 5.41) is 8.98. The van der Waals surface area contributed by atoms with E-state index in [1.54, 1.807) is 7.11 Å². The van der Waals surface area contributed by atoms with Crippen LogP contribution in [-0.4, -0.2) is 38.0 Å². The van der Waals surface area contributed by atoms with Crippen LogP contribution in [0.3, 0.4) is 0 Å². The zero-order valence-electron chi connectivity index (χ0n) is 20.3. The van der Waals surface area contributed by atoms with Gasteiger partial charge in [0.1, 0.15) is 0 Å². The second kappa shape index (κ2) is 15.2. The van der Waals surface area contributed by atoms with Gasteiger partial charge < -0.3 is 14.6 Å². The number of aliphatic hydroxyl groups excluding tert-OH is 1. The van der Waals surface area contributed by atoms with Crippen molar-refractivity contribution >= 4 is 5.97 Å². The van der Waals surface area contributed by atoms with E-state index < -0.39 is 5.97 Å². The van der Waals surface area contributed by atoms with Gasteiger partial charge in [-0.1, -0.05) is 50.6 Å². The number of hydrogen-bond donors (Lipinski definition) is 1. The van der Waals surface area contributed by atoms with E-state index in [2.05, 4.69) is 37.8 Å². The fourth-order valence-corrected chi connectivity index (χ4v) is 5.06. The van der Waals surface area contributed by atoms with Crippen LogP contribution in [0.4, 0.5) is 0 Å². The second-order valence-electron chi connectivity index (χ2n) is 9.51. The topological polar surface area (TPSA) is 55.8 Å². The number of unbranched alkanes of at least 4 members (excludes halogenated alkanes) is 2. The van der Waals surface area contributed by atoms with E-state index in [0.717, 1.165) is 31.8 Å². The number of carbonyl (C=O) groups excluding carboxylic acids is 1. The van der Waals surface area contributed by atoms with Gasteiger partial charge in [0.05, 0.1) is 18.8 Å². The zero-order chi connectivity index (χ0) is 23.2. The van der Waals surface area contributed by atoms with E-state index in [1.165, 1.54) is 62.5 Å². The first kappa shape index (κ1) is 26.6. The number of benzene rings is 1. The van der Waals surface area contributed by atoms with Crippen molar-refractivity contribution in [3.05, 3.63) is 47.5 Å². The van der Waals surface area contributed by atoms with E-state index in [0.29, 0.717) is 18.4 Å². The highest BCUT2D eigenvalue weighted by molar-refractivity contribution is 5.87. The molecule has 1 saturated carbocycles. The van der Waals surface area contributed by atoms with Crippen molar-refractivity contribution in [3.8, 4) is 0 Å². The van der Waals surface area contributed by atoms with E-state index in [4.69, 9.17) is 14.6 Å². The Morgan fingerprint density at radius 1 is 1.00 bits per heavy atom. The van der Waals surface area contributed by atoms with Crippen molar-refractivity contribution in [2.24, 2.45) is 11.8 Å². The lowest BCUT2D eigenvalue weighted by molar-refractivity contribution is -0.139. The van der Waals surface area contributed by atoms with Gasteiger partial charge in [0.2, 0.25) is 0 Å². The van der Waals surface area contributed by atoms with Crippen LogP contribution < -0.4 is 0 Å². The molecule has 1 N–H and O–H groups in total. The van der Waals surface area contributed by atoms with Crippen LogP contribution >= 0.6 is 0 Å². The van der Waals surface area contributed by atoms with Gasteiger partial charge in [-0.05, 0) is 86.7 Å². The van der Waals surface area contributed by atoms with Crippen molar-refractivity contribution in [2.75, 3.05) is 26.9 Å². The number of carbonyl (C=O) groups is 1. The predicted octanol–water partition coefficient (Wildman–Crippen LogP) is 6.22. The maximum absolute atomic E-state index is 11.7. The third-order valence-electron chi connectivity index (χ3n) is 6.85. The molecule has 1 aromatic carbocycles. The Bertz CT molecular complexity index is 667. The zero-order valence-corrected chi connectivity index (χ0v) is 20.3. The Kier molecular flexibility index (Phi) is 12.7. The summed E-state index contributed by atoms with van der Waals surface area (Å²) in [6.07, 6.45) is 13.1. The number of ether oxygens (including phenoxy) is 2. The minimum Gasteiger partial charge on any atom is -0.462 e. The van der Waals surface area contributed by atoms with Gasteiger partial charge in [0.25, 0.3) is 0 Å². The molecule has 1 aliphatic carbocycles. The molecule has 0 heterocycles. The Morgan fingerprint density at radius 3 is 2.25 bits per heavy atom. The van der Waals surface area contributed by atoms with Gasteiger partial charge in [-0.25, -0.2) is 4.79 Å². The highest BCUT2D eigenvalue weighted by atomic mass is 16.5. The molecular formula is C28H44O4. The molecule has 0 bridgehead atoms. The minimum absolute atomic E-state index is 0.124. The van der Waals surface area contributed by atoms with Crippen LogP contribution in [0, 0.1) is 11.8 Å². The maximum Gasteiger partial charge on any atom is 0.335 e. The predicted molar refractivity (Wildman–Crippen MR) is 131 cm³/mol. The van der Waals surface area contributed by atoms with Crippen LogP contribution in [-0.2, 0) is 20.7 Å². The molecule has 32 heavy (non-hydrogen) atoms. The van der Waals surface area contributed by atoms with Gasteiger partial charge in [0, 0.05) is 13.7 Å². The van der Waals surface area contributed by atoms with Gasteiger partial charge in [-0.15, -0.1) is 0 Å². The van der Waals surface area contributed by atoms with Crippen molar-refractivity contribution in [2.45, 2.75) is 83.5 Å². The van der Waals surface area contributed by atoms with E-state index in [-0.39, 0.29) is 12.2 Å². The molecular weight excluding hydrogens is 400 g/mol. The van der Waals surface area contributed by atoms with Gasteiger partial charge >= 0.3 is 5.97 Å². The molecule has 4 heteroatoms.